The van der Waals surface area contributed by atoms with Crippen molar-refractivity contribution in [3.8, 4) is 0 Å². The van der Waals surface area contributed by atoms with Crippen LogP contribution in [0.15, 0.2) is 12.4 Å². The molecule has 22 heavy (non-hydrogen) atoms. The lowest BCUT2D eigenvalue weighted by Gasteiger charge is -2.33. The van der Waals surface area contributed by atoms with Crippen LogP contribution in [0.2, 0.25) is 0 Å². The highest BCUT2D eigenvalue weighted by molar-refractivity contribution is 7.90. The second-order valence-corrected chi connectivity index (χ2v) is 8.36. The van der Waals surface area contributed by atoms with Crippen molar-refractivity contribution in [3.05, 3.63) is 18.1 Å². The third-order valence-electron chi connectivity index (χ3n) is 4.62. The summed E-state index contributed by atoms with van der Waals surface area (Å²) in [6.45, 7) is 3.29. The van der Waals surface area contributed by atoms with Gasteiger partial charge in [-0.25, -0.2) is 23.1 Å². The lowest BCUT2D eigenvalue weighted by atomic mass is 10.1. The van der Waals surface area contributed by atoms with Gasteiger partial charge < -0.3 is 4.90 Å². The van der Waals surface area contributed by atoms with Gasteiger partial charge in [0.2, 0.25) is 10.0 Å². The topological polar surface area (TPSA) is 75.2 Å². The highest BCUT2D eigenvalue weighted by Gasteiger charge is 2.33. The molecule has 2 fully saturated rings. The molecule has 1 aromatic rings. The first-order valence-electron chi connectivity index (χ1n) is 8.09. The quantitative estimate of drug-likeness (QED) is 0.911. The van der Waals surface area contributed by atoms with Crippen LogP contribution in [0.4, 0.5) is 5.82 Å². The summed E-state index contributed by atoms with van der Waals surface area (Å²) >= 11 is 0. The minimum absolute atomic E-state index is 0.140. The Morgan fingerprint density at radius 1 is 1.18 bits per heavy atom. The van der Waals surface area contributed by atoms with E-state index in [-0.39, 0.29) is 11.3 Å². The molecule has 2 heterocycles. The predicted octanol–water partition coefficient (Wildman–Crippen LogP) is 1.62. The van der Waals surface area contributed by atoms with Crippen LogP contribution in [0, 0.1) is 6.92 Å². The number of rotatable bonds is 4. The molecule has 1 aliphatic carbocycles. The molecule has 0 aromatic carbocycles. The number of anilines is 1. The summed E-state index contributed by atoms with van der Waals surface area (Å²) in [7, 11) is -3.25. The molecule has 1 saturated carbocycles. The fraction of sp³-hybridized carbons (Fsp3) is 0.733. The van der Waals surface area contributed by atoms with Crippen LogP contribution in [0.5, 0.6) is 0 Å². The van der Waals surface area contributed by atoms with Gasteiger partial charge in [-0.1, -0.05) is 12.8 Å². The van der Waals surface area contributed by atoms with Crippen molar-refractivity contribution in [1.29, 1.82) is 0 Å². The van der Waals surface area contributed by atoms with Gasteiger partial charge in [-0.3, -0.25) is 0 Å². The summed E-state index contributed by atoms with van der Waals surface area (Å²) in [6, 6.07) is 2.06. The van der Waals surface area contributed by atoms with E-state index in [0.717, 1.165) is 56.6 Å². The Kier molecular flexibility index (Phi) is 4.63. The molecule has 0 spiro atoms. The van der Waals surface area contributed by atoms with E-state index >= 15 is 0 Å². The Bertz CT molecular complexity index is 614. The molecule has 1 saturated heterocycles. The number of aromatic nitrogens is 2. The highest BCUT2D eigenvalue weighted by atomic mass is 32.2. The molecule has 1 unspecified atom stereocenters. The van der Waals surface area contributed by atoms with E-state index in [1.165, 1.54) is 0 Å². The zero-order valence-corrected chi connectivity index (χ0v) is 13.8. The Morgan fingerprint density at radius 3 is 2.68 bits per heavy atom. The van der Waals surface area contributed by atoms with Crippen molar-refractivity contribution in [3.63, 3.8) is 0 Å². The molecule has 3 rings (SSSR count). The average Bonchev–Trinajstić information content (AvgIpc) is 3.00. The van der Waals surface area contributed by atoms with Gasteiger partial charge in [0.15, 0.2) is 0 Å². The Balaban J connectivity index is 1.69. The Labute approximate surface area is 132 Å². The monoisotopic (exact) mass is 324 g/mol. The molecule has 7 heteroatoms. The summed E-state index contributed by atoms with van der Waals surface area (Å²) in [6.07, 6.45) is 7.34. The average molecular weight is 324 g/mol. The summed E-state index contributed by atoms with van der Waals surface area (Å²) in [5.41, 5.74) is 0.902. The molecule has 0 radical (unpaired) electrons. The maximum absolute atomic E-state index is 12.6. The van der Waals surface area contributed by atoms with Crippen LogP contribution < -0.4 is 9.62 Å². The van der Waals surface area contributed by atoms with Crippen LogP contribution in [0.25, 0.3) is 0 Å². The highest BCUT2D eigenvalue weighted by Crippen LogP contribution is 2.24. The van der Waals surface area contributed by atoms with E-state index in [1.807, 2.05) is 13.0 Å². The van der Waals surface area contributed by atoms with Crippen LogP contribution in [0.3, 0.4) is 0 Å². The van der Waals surface area contributed by atoms with Gasteiger partial charge >= 0.3 is 0 Å². The van der Waals surface area contributed by atoms with E-state index in [0.29, 0.717) is 6.54 Å². The van der Waals surface area contributed by atoms with Crippen molar-refractivity contribution in [2.45, 2.75) is 56.7 Å². The van der Waals surface area contributed by atoms with Crippen LogP contribution in [0.1, 0.15) is 44.2 Å². The smallest absolute Gasteiger partial charge is 0.216 e. The SMILES string of the molecule is Cc1cc(N2CCCC(S(=O)(=O)NC3CCCC3)C2)ncn1. The van der Waals surface area contributed by atoms with E-state index < -0.39 is 10.0 Å². The maximum atomic E-state index is 12.6. The van der Waals surface area contributed by atoms with Crippen LogP contribution in [-0.2, 0) is 10.0 Å². The van der Waals surface area contributed by atoms with Crippen LogP contribution >= 0.6 is 0 Å². The Hall–Kier alpha value is -1.21. The standard InChI is InChI=1S/C15H24N4O2S/c1-12-9-15(17-11-16-12)19-8-4-7-14(10-19)22(20,21)18-13-5-2-3-6-13/h9,11,13-14,18H,2-8,10H2,1H3. The largest absolute Gasteiger partial charge is 0.355 e. The molecule has 6 nitrogen and oxygen atoms in total. The van der Waals surface area contributed by atoms with Crippen LogP contribution in [-0.4, -0.2) is 42.8 Å². The molecule has 1 atom stereocenters. The van der Waals surface area contributed by atoms with Gasteiger partial charge in [-0.2, -0.15) is 0 Å². The van der Waals surface area contributed by atoms with Gasteiger partial charge in [0.25, 0.3) is 0 Å². The molecular formula is C15H24N4O2S. The summed E-state index contributed by atoms with van der Waals surface area (Å²) in [5, 5.41) is -0.350. The Morgan fingerprint density at radius 2 is 1.95 bits per heavy atom. The third-order valence-corrected chi connectivity index (χ3v) is 6.54. The number of aryl methyl sites for hydroxylation is 1. The second kappa shape index (κ2) is 6.50. The molecule has 1 aliphatic heterocycles. The number of hydrogen-bond donors (Lipinski definition) is 1. The molecule has 0 amide bonds. The van der Waals surface area contributed by atoms with Crippen molar-refractivity contribution in [2.24, 2.45) is 0 Å². The minimum Gasteiger partial charge on any atom is -0.355 e. The second-order valence-electron chi connectivity index (χ2n) is 6.37. The first-order chi connectivity index (χ1) is 10.5. The van der Waals surface area contributed by atoms with E-state index in [4.69, 9.17) is 0 Å². The summed E-state index contributed by atoms with van der Waals surface area (Å²) < 4.78 is 28.2. The maximum Gasteiger partial charge on any atom is 0.216 e. The lowest BCUT2D eigenvalue weighted by Crippen LogP contribution is -2.48. The van der Waals surface area contributed by atoms with Crippen molar-refractivity contribution in [1.82, 2.24) is 14.7 Å². The van der Waals surface area contributed by atoms with Crippen molar-refractivity contribution in [2.75, 3.05) is 18.0 Å². The third kappa shape index (κ3) is 3.57. The molecule has 1 N–H and O–H groups in total. The first-order valence-corrected chi connectivity index (χ1v) is 9.64. The fourth-order valence-electron chi connectivity index (χ4n) is 3.39. The van der Waals surface area contributed by atoms with Crippen molar-refractivity contribution < 1.29 is 8.42 Å². The molecule has 0 bridgehead atoms. The zero-order valence-electron chi connectivity index (χ0n) is 13.0. The molecule has 1 aromatic heterocycles. The molecule has 2 aliphatic rings. The first kappa shape index (κ1) is 15.7. The van der Waals surface area contributed by atoms with Gasteiger partial charge in [-0.05, 0) is 32.6 Å². The number of nitrogens with one attached hydrogen (secondary N) is 1. The fourth-order valence-corrected chi connectivity index (χ4v) is 5.13. The van der Waals surface area contributed by atoms with Gasteiger partial charge in [0.05, 0.1) is 5.25 Å². The zero-order chi connectivity index (χ0) is 15.6. The summed E-state index contributed by atoms with van der Waals surface area (Å²) in [4.78, 5) is 10.5. The number of sulfonamides is 1. The van der Waals surface area contributed by atoms with Crippen molar-refractivity contribution >= 4 is 15.8 Å². The van der Waals surface area contributed by atoms with Gasteiger partial charge in [0, 0.05) is 30.9 Å². The number of nitrogens with zero attached hydrogens (tertiary/aromatic N) is 3. The minimum atomic E-state index is -3.25. The van der Waals surface area contributed by atoms with E-state index in [1.54, 1.807) is 6.33 Å². The molecular weight excluding hydrogens is 300 g/mol. The van der Waals surface area contributed by atoms with E-state index in [9.17, 15) is 8.42 Å². The molecule has 122 valence electrons. The number of piperidine rings is 1. The van der Waals surface area contributed by atoms with Gasteiger partial charge in [-0.15, -0.1) is 0 Å². The normalized spacial score (nSPS) is 23.9. The summed E-state index contributed by atoms with van der Waals surface area (Å²) in [5.74, 6) is 0.827. The lowest BCUT2D eigenvalue weighted by molar-refractivity contribution is 0.505. The van der Waals surface area contributed by atoms with E-state index in [2.05, 4.69) is 19.6 Å². The number of hydrogen-bond acceptors (Lipinski definition) is 5. The predicted molar refractivity (Wildman–Crippen MR) is 86.3 cm³/mol. The van der Waals surface area contributed by atoms with Gasteiger partial charge in [0.1, 0.15) is 12.1 Å².